The fourth-order valence-corrected chi connectivity index (χ4v) is 2.59. The van der Waals surface area contributed by atoms with E-state index in [1.165, 1.54) is 0 Å². The molecule has 0 aliphatic rings. The summed E-state index contributed by atoms with van der Waals surface area (Å²) >= 11 is 0. The van der Waals surface area contributed by atoms with Crippen LogP contribution in [0.2, 0.25) is 0 Å². The maximum atomic E-state index is 12.4. The molecule has 4 nitrogen and oxygen atoms in total. The van der Waals surface area contributed by atoms with Crippen LogP contribution in [0.5, 0.6) is 11.6 Å². The van der Waals surface area contributed by atoms with Gasteiger partial charge >= 0.3 is 0 Å². The van der Waals surface area contributed by atoms with E-state index in [1.807, 2.05) is 68.4 Å². The van der Waals surface area contributed by atoms with E-state index < -0.39 is 0 Å². The van der Waals surface area contributed by atoms with Gasteiger partial charge in [-0.3, -0.25) is 4.79 Å². The molecule has 0 saturated heterocycles. The Hall–Kier alpha value is -3.14. The summed E-state index contributed by atoms with van der Waals surface area (Å²) in [5, 5.41) is 2.96. The summed E-state index contributed by atoms with van der Waals surface area (Å²) in [6.07, 6.45) is 1.68. The zero-order valence-electron chi connectivity index (χ0n) is 14.3. The van der Waals surface area contributed by atoms with Gasteiger partial charge in [0.15, 0.2) is 0 Å². The number of aromatic nitrogens is 1. The molecule has 0 unspecified atom stereocenters. The van der Waals surface area contributed by atoms with E-state index >= 15 is 0 Å². The molecule has 0 spiro atoms. The minimum absolute atomic E-state index is 0.0754. The van der Waals surface area contributed by atoms with Crippen molar-refractivity contribution in [2.45, 2.75) is 20.4 Å². The third kappa shape index (κ3) is 4.44. The van der Waals surface area contributed by atoms with E-state index in [-0.39, 0.29) is 5.91 Å². The highest BCUT2D eigenvalue weighted by Gasteiger charge is 2.09. The zero-order chi connectivity index (χ0) is 17.6. The number of amides is 1. The summed E-state index contributed by atoms with van der Waals surface area (Å²) in [6.45, 7) is 4.40. The van der Waals surface area contributed by atoms with Gasteiger partial charge in [0.2, 0.25) is 5.88 Å². The molecular weight excluding hydrogens is 312 g/mol. The Morgan fingerprint density at radius 2 is 1.92 bits per heavy atom. The monoisotopic (exact) mass is 332 g/mol. The molecule has 1 aromatic heterocycles. The fraction of sp³-hybridized carbons (Fsp3) is 0.143. The number of pyridine rings is 1. The molecule has 2 aromatic carbocycles. The number of aryl methyl sites for hydroxylation is 2. The molecule has 3 rings (SSSR count). The van der Waals surface area contributed by atoms with Crippen LogP contribution in [-0.2, 0) is 6.54 Å². The Morgan fingerprint density at radius 1 is 1.04 bits per heavy atom. The Balaban J connectivity index is 1.65. The predicted octanol–water partition coefficient (Wildman–Crippen LogP) is 4.42. The van der Waals surface area contributed by atoms with Gasteiger partial charge in [-0.05, 0) is 49.2 Å². The average molecular weight is 332 g/mol. The third-order valence-electron chi connectivity index (χ3n) is 3.84. The number of ether oxygens (including phenoxy) is 1. The quantitative estimate of drug-likeness (QED) is 0.752. The van der Waals surface area contributed by atoms with Gasteiger partial charge in [0, 0.05) is 24.4 Å². The second-order valence-corrected chi connectivity index (χ2v) is 5.92. The number of rotatable bonds is 5. The minimum atomic E-state index is -0.0754. The van der Waals surface area contributed by atoms with Gasteiger partial charge in [-0.25, -0.2) is 4.98 Å². The normalized spacial score (nSPS) is 10.3. The van der Waals surface area contributed by atoms with Crippen molar-refractivity contribution in [2.75, 3.05) is 0 Å². The lowest BCUT2D eigenvalue weighted by molar-refractivity contribution is 0.0950. The van der Waals surface area contributed by atoms with Crippen LogP contribution in [0, 0.1) is 13.8 Å². The first-order valence-electron chi connectivity index (χ1n) is 8.15. The lowest BCUT2D eigenvalue weighted by Crippen LogP contribution is -2.23. The smallest absolute Gasteiger partial charge is 0.251 e. The fourth-order valence-electron chi connectivity index (χ4n) is 2.59. The highest BCUT2D eigenvalue weighted by molar-refractivity contribution is 5.95. The van der Waals surface area contributed by atoms with Gasteiger partial charge in [-0.15, -0.1) is 0 Å². The predicted molar refractivity (Wildman–Crippen MR) is 97.8 cm³/mol. The topological polar surface area (TPSA) is 51.2 Å². The van der Waals surface area contributed by atoms with Crippen molar-refractivity contribution in [3.05, 3.63) is 89.1 Å². The first-order chi connectivity index (χ1) is 12.1. The van der Waals surface area contributed by atoms with Crippen molar-refractivity contribution in [3.63, 3.8) is 0 Å². The van der Waals surface area contributed by atoms with Crippen LogP contribution < -0.4 is 10.1 Å². The molecule has 4 heteroatoms. The maximum Gasteiger partial charge on any atom is 0.251 e. The van der Waals surface area contributed by atoms with Crippen molar-refractivity contribution in [1.82, 2.24) is 10.3 Å². The molecule has 0 aliphatic carbocycles. The number of carbonyl (C=O) groups is 1. The number of carbonyl (C=O) groups excluding carboxylic acids is 1. The van der Waals surface area contributed by atoms with Crippen LogP contribution in [0.4, 0.5) is 0 Å². The van der Waals surface area contributed by atoms with Crippen LogP contribution in [0.25, 0.3) is 0 Å². The summed E-state index contributed by atoms with van der Waals surface area (Å²) in [5.41, 5.74) is 3.79. The Kier molecular flexibility index (Phi) is 5.09. The molecule has 25 heavy (non-hydrogen) atoms. The molecule has 0 bridgehead atoms. The van der Waals surface area contributed by atoms with Crippen molar-refractivity contribution >= 4 is 5.91 Å². The average Bonchev–Trinajstić information content (AvgIpc) is 2.61. The molecule has 0 atom stereocenters. The van der Waals surface area contributed by atoms with E-state index in [0.717, 1.165) is 16.7 Å². The molecular formula is C21H20N2O2. The van der Waals surface area contributed by atoms with Crippen LogP contribution in [-0.4, -0.2) is 10.9 Å². The van der Waals surface area contributed by atoms with Gasteiger partial charge in [0.25, 0.3) is 5.91 Å². The van der Waals surface area contributed by atoms with Gasteiger partial charge in [-0.1, -0.05) is 35.9 Å². The van der Waals surface area contributed by atoms with Crippen molar-refractivity contribution in [1.29, 1.82) is 0 Å². The summed E-state index contributed by atoms with van der Waals surface area (Å²) in [5.74, 6) is 1.16. The van der Waals surface area contributed by atoms with Crippen molar-refractivity contribution in [2.24, 2.45) is 0 Å². The lowest BCUT2D eigenvalue weighted by Gasteiger charge is -2.10. The van der Waals surface area contributed by atoms with Crippen molar-refractivity contribution < 1.29 is 9.53 Å². The van der Waals surface area contributed by atoms with Crippen LogP contribution >= 0.6 is 0 Å². The van der Waals surface area contributed by atoms with E-state index in [2.05, 4.69) is 10.3 Å². The van der Waals surface area contributed by atoms with E-state index in [0.29, 0.717) is 23.7 Å². The highest BCUT2D eigenvalue weighted by atomic mass is 16.5. The second-order valence-electron chi connectivity index (χ2n) is 5.92. The summed E-state index contributed by atoms with van der Waals surface area (Å²) in [6, 6.07) is 18.9. The lowest BCUT2D eigenvalue weighted by atomic mass is 10.1. The Bertz CT molecular complexity index is 876. The third-order valence-corrected chi connectivity index (χ3v) is 3.84. The highest BCUT2D eigenvalue weighted by Crippen LogP contribution is 2.20. The molecule has 1 amide bonds. The minimum Gasteiger partial charge on any atom is -0.439 e. The standard InChI is InChI=1S/C21H20N2O2/c1-15-9-10-19(16(2)12-15)21(24)23-14-17-6-5-7-18(13-17)25-20-8-3-4-11-22-20/h3-13H,14H2,1-2H3,(H,23,24). The molecule has 1 N–H and O–H groups in total. The van der Waals surface area contributed by atoms with Gasteiger partial charge < -0.3 is 10.1 Å². The zero-order valence-corrected chi connectivity index (χ0v) is 14.3. The number of benzene rings is 2. The number of hydrogen-bond donors (Lipinski definition) is 1. The van der Waals surface area contributed by atoms with E-state index in [4.69, 9.17) is 4.74 Å². The Morgan fingerprint density at radius 3 is 2.68 bits per heavy atom. The van der Waals surface area contributed by atoms with E-state index in [1.54, 1.807) is 12.3 Å². The second kappa shape index (κ2) is 7.62. The summed E-state index contributed by atoms with van der Waals surface area (Å²) in [7, 11) is 0. The van der Waals surface area contributed by atoms with Crippen molar-refractivity contribution in [3.8, 4) is 11.6 Å². The van der Waals surface area contributed by atoms with Gasteiger partial charge in [0.1, 0.15) is 5.75 Å². The summed E-state index contributed by atoms with van der Waals surface area (Å²) < 4.78 is 5.72. The largest absolute Gasteiger partial charge is 0.439 e. The van der Waals surface area contributed by atoms with Crippen LogP contribution in [0.3, 0.4) is 0 Å². The van der Waals surface area contributed by atoms with Gasteiger partial charge in [0.05, 0.1) is 0 Å². The molecule has 1 heterocycles. The number of nitrogens with zero attached hydrogens (tertiary/aromatic N) is 1. The number of hydrogen-bond acceptors (Lipinski definition) is 3. The molecule has 0 saturated carbocycles. The first-order valence-corrected chi connectivity index (χ1v) is 8.15. The molecule has 0 radical (unpaired) electrons. The Labute approximate surface area is 147 Å². The van der Waals surface area contributed by atoms with E-state index in [9.17, 15) is 4.79 Å². The molecule has 0 aliphatic heterocycles. The van der Waals surface area contributed by atoms with Crippen LogP contribution in [0.1, 0.15) is 27.0 Å². The molecule has 126 valence electrons. The van der Waals surface area contributed by atoms with Gasteiger partial charge in [-0.2, -0.15) is 0 Å². The number of nitrogens with one attached hydrogen (secondary N) is 1. The SMILES string of the molecule is Cc1ccc(C(=O)NCc2cccc(Oc3ccccn3)c2)c(C)c1. The maximum absolute atomic E-state index is 12.4. The van der Waals surface area contributed by atoms with Crippen LogP contribution in [0.15, 0.2) is 66.9 Å². The molecule has 3 aromatic rings. The molecule has 0 fully saturated rings. The summed E-state index contributed by atoms with van der Waals surface area (Å²) in [4.78, 5) is 16.5. The first kappa shape index (κ1) is 16.7.